The summed E-state index contributed by atoms with van der Waals surface area (Å²) in [7, 11) is 0. The van der Waals surface area contributed by atoms with Crippen molar-refractivity contribution in [3.8, 4) is 12.1 Å². The molecule has 0 radical (unpaired) electrons. The molecule has 0 aromatic heterocycles. The largest absolute Gasteiger partial charge is 0.192 e. The van der Waals surface area contributed by atoms with Gasteiger partial charge in [0.25, 0.3) is 0 Å². The van der Waals surface area contributed by atoms with Crippen LogP contribution >= 0.6 is 23.2 Å². The van der Waals surface area contributed by atoms with Crippen molar-refractivity contribution in [2.24, 2.45) is 0 Å². The quantitative estimate of drug-likeness (QED) is 0.697. The lowest BCUT2D eigenvalue weighted by Gasteiger charge is -2.04. The van der Waals surface area contributed by atoms with Gasteiger partial charge in [0.2, 0.25) is 0 Å². The summed E-state index contributed by atoms with van der Waals surface area (Å²) in [6, 6.07) is 8.57. The minimum atomic E-state index is 0.0548. The van der Waals surface area contributed by atoms with Crippen LogP contribution < -0.4 is 0 Å². The van der Waals surface area contributed by atoms with Crippen molar-refractivity contribution in [1.29, 1.82) is 10.5 Å². The van der Waals surface area contributed by atoms with Crippen LogP contribution in [0.25, 0.3) is 5.57 Å². The third kappa shape index (κ3) is 2.50. The van der Waals surface area contributed by atoms with E-state index in [4.69, 9.17) is 33.7 Å². The number of hydrogen-bond donors (Lipinski definition) is 0. The Labute approximate surface area is 98.0 Å². The second kappa shape index (κ2) is 4.84. The SMILES string of the molecule is CC(=C(C#N)C#N)c1ccc(Cl)cc1Cl. The van der Waals surface area contributed by atoms with Gasteiger partial charge < -0.3 is 0 Å². The molecule has 1 aromatic carbocycles. The van der Waals surface area contributed by atoms with Crippen LogP contribution in [0.5, 0.6) is 0 Å². The van der Waals surface area contributed by atoms with Gasteiger partial charge in [0.1, 0.15) is 17.7 Å². The normalized spacial score (nSPS) is 8.87. The van der Waals surface area contributed by atoms with E-state index in [2.05, 4.69) is 0 Å². The molecule has 0 amide bonds. The van der Waals surface area contributed by atoms with Crippen molar-refractivity contribution in [3.05, 3.63) is 39.4 Å². The van der Waals surface area contributed by atoms with E-state index in [9.17, 15) is 0 Å². The predicted octanol–water partition coefficient (Wildman–Crippen LogP) is 3.81. The summed E-state index contributed by atoms with van der Waals surface area (Å²) in [6.45, 7) is 1.68. The van der Waals surface area contributed by atoms with E-state index < -0.39 is 0 Å². The van der Waals surface area contributed by atoms with Gasteiger partial charge >= 0.3 is 0 Å². The van der Waals surface area contributed by atoms with Gasteiger partial charge in [0, 0.05) is 10.0 Å². The van der Waals surface area contributed by atoms with Crippen molar-refractivity contribution in [2.75, 3.05) is 0 Å². The van der Waals surface area contributed by atoms with Gasteiger partial charge in [-0.15, -0.1) is 0 Å². The molecule has 0 atom stereocenters. The molecule has 2 nitrogen and oxygen atoms in total. The van der Waals surface area contributed by atoms with E-state index >= 15 is 0 Å². The Morgan fingerprint density at radius 2 is 1.80 bits per heavy atom. The van der Waals surface area contributed by atoms with E-state index in [1.807, 2.05) is 12.1 Å². The third-order valence-electron chi connectivity index (χ3n) is 1.93. The first-order valence-electron chi connectivity index (χ1n) is 4.06. The Hall–Kier alpha value is -1.48. The van der Waals surface area contributed by atoms with E-state index in [0.29, 0.717) is 21.2 Å². The fourth-order valence-electron chi connectivity index (χ4n) is 1.12. The maximum atomic E-state index is 8.70. The molecule has 74 valence electrons. The lowest BCUT2D eigenvalue weighted by molar-refractivity contribution is 1.44. The van der Waals surface area contributed by atoms with Crippen molar-refractivity contribution < 1.29 is 0 Å². The smallest absolute Gasteiger partial charge is 0.133 e. The van der Waals surface area contributed by atoms with E-state index in [-0.39, 0.29) is 5.57 Å². The molecule has 1 aromatic rings. The molecular formula is C11H6Cl2N2. The number of nitriles is 2. The zero-order valence-corrected chi connectivity index (χ0v) is 9.39. The fourth-order valence-corrected chi connectivity index (χ4v) is 1.67. The summed E-state index contributed by atoms with van der Waals surface area (Å²) in [5, 5.41) is 18.4. The summed E-state index contributed by atoms with van der Waals surface area (Å²) in [6.07, 6.45) is 0. The summed E-state index contributed by atoms with van der Waals surface area (Å²) < 4.78 is 0. The lowest BCUT2D eigenvalue weighted by atomic mass is 10.0. The molecule has 1 rings (SSSR count). The minimum Gasteiger partial charge on any atom is -0.192 e. The molecule has 0 N–H and O–H groups in total. The van der Waals surface area contributed by atoms with Crippen LogP contribution in [0, 0.1) is 22.7 Å². The van der Waals surface area contributed by atoms with Crippen LogP contribution in [0.3, 0.4) is 0 Å². The van der Waals surface area contributed by atoms with E-state index in [1.165, 1.54) is 0 Å². The molecule has 0 fully saturated rings. The number of nitrogens with zero attached hydrogens (tertiary/aromatic N) is 2. The van der Waals surface area contributed by atoms with Crippen LogP contribution in [0.15, 0.2) is 23.8 Å². The molecule has 0 aliphatic heterocycles. The lowest BCUT2D eigenvalue weighted by Crippen LogP contribution is -1.86. The highest BCUT2D eigenvalue weighted by molar-refractivity contribution is 6.35. The van der Waals surface area contributed by atoms with Gasteiger partial charge in [-0.05, 0) is 30.2 Å². The highest BCUT2D eigenvalue weighted by Gasteiger charge is 2.08. The Kier molecular flexibility index (Phi) is 3.74. The number of hydrogen-bond acceptors (Lipinski definition) is 2. The first-order chi connectivity index (χ1) is 7.10. The average Bonchev–Trinajstić information content (AvgIpc) is 2.19. The van der Waals surface area contributed by atoms with Crippen molar-refractivity contribution in [3.63, 3.8) is 0 Å². The fraction of sp³-hybridized carbons (Fsp3) is 0.0909. The molecule has 0 aliphatic rings. The average molecular weight is 237 g/mol. The summed E-state index contributed by atoms with van der Waals surface area (Å²) in [5.74, 6) is 0. The van der Waals surface area contributed by atoms with Crippen LogP contribution in [-0.2, 0) is 0 Å². The second-order valence-corrected chi connectivity index (χ2v) is 3.69. The molecule has 0 saturated carbocycles. The number of benzene rings is 1. The zero-order valence-electron chi connectivity index (χ0n) is 7.88. The Bertz CT molecular complexity index is 488. The summed E-state index contributed by atoms with van der Waals surface area (Å²) >= 11 is 11.7. The summed E-state index contributed by atoms with van der Waals surface area (Å²) in [4.78, 5) is 0. The third-order valence-corrected chi connectivity index (χ3v) is 2.48. The molecule has 0 heterocycles. The van der Waals surface area contributed by atoms with Crippen molar-refractivity contribution in [2.45, 2.75) is 6.92 Å². The van der Waals surface area contributed by atoms with Crippen LogP contribution in [-0.4, -0.2) is 0 Å². The molecule has 0 saturated heterocycles. The van der Waals surface area contributed by atoms with Crippen LogP contribution in [0.1, 0.15) is 12.5 Å². The second-order valence-electron chi connectivity index (χ2n) is 2.85. The molecule has 0 spiro atoms. The summed E-state index contributed by atoms with van der Waals surface area (Å²) in [5.41, 5.74) is 1.26. The van der Waals surface area contributed by atoms with Crippen LogP contribution in [0.2, 0.25) is 10.0 Å². The van der Waals surface area contributed by atoms with Gasteiger partial charge in [-0.3, -0.25) is 0 Å². The maximum absolute atomic E-state index is 8.70. The number of rotatable bonds is 1. The molecule has 15 heavy (non-hydrogen) atoms. The Morgan fingerprint density at radius 3 is 2.27 bits per heavy atom. The first-order valence-corrected chi connectivity index (χ1v) is 4.82. The van der Waals surface area contributed by atoms with E-state index in [0.717, 1.165) is 0 Å². The highest BCUT2D eigenvalue weighted by Crippen LogP contribution is 2.28. The van der Waals surface area contributed by atoms with Gasteiger partial charge in [-0.2, -0.15) is 10.5 Å². The monoisotopic (exact) mass is 236 g/mol. The van der Waals surface area contributed by atoms with Crippen LogP contribution in [0.4, 0.5) is 0 Å². The maximum Gasteiger partial charge on any atom is 0.133 e. The Morgan fingerprint density at radius 1 is 1.20 bits per heavy atom. The van der Waals surface area contributed by atoms with Crippen molar-refractivity contribution in [1.82, 2.24) is 0 Å². The van der Waals surface area contributed by atoms with Gasteiger partial charge in [0.05, 0.1) is 0 Å². The van der Waals surface area contributed by atoms with Gasteiger partial charge in [0.15, 0.2) is 0 Å². The topological polar surface area (TPSA) is 47.6 Å². The predicted molar refractivity (Wildman–Crippen MR) is 60.3 cm³/mol. The molecule has 0 unspecified atom stereocenters. The zero-order chi connectivity index (χ0) is 11.4. The Balaban J connectivity index is 3.37. The van der Waals surface area contributed by atoms with Crippen molar-refractivity contribution >= 4 is 28.8 Å². The number of halogens is 2. The van der Waals surface area contributed by atoms with Gasteiger partial charge in [-0.25, -0.2) is 0 Å². The first kappa shape index (κ1) is 11.6. The van der Waals surface area contributed by atoms with E-state index in [1.54, 1.807) is 25.1 Å². The minimum absolute atomic E-state index is 0.0548. The van der Waals surface area contributed by atoms with Gasteiger partial charge in [-0.1, -0.05) is 29.3 Å². The molecular weight excluding hydrogens is 231 g/mol. The standard InChI is InChI=1S/C11H6Cl2N2/c1-7(8(5-14)6-15)10-3-2-9(12)4-11(10)13/h2-4H,1H3. The highest BCUT2D eigenvalue weighted by atomic mass is 35.5. The molecule has 0 bridgehead atoms. The molecule has 4 heteroatoms. The number of allylic oxidation sites excluding steroid dienone is 2. The molecule has 0 aliphatic carbocycles.